The molecule has 1 aromatic heterocycles. The van der Waals surface area contributed by atoms with Crippen LogP contribution in [0.5, 0.6) is 11.5 Å². The predicted molar refractivity (Wildman–Crippen MR) is 111 cm³/mol. The van der Waals surface area contributed by atoms with Gasteiger partial charge in [-0.15, -0.1) is 0 Å². The van der Waals surface area contributed by atoms with E-state index >= 15 is 0 Å². The molecule has 2 rings (SSSR count). The third kappa shape index (κ3) is 6.40. The third-order valence-corrected chi connectivity index (χ3v) is 4.49. The Labute approximate surface area is 166 Å². The summed E-state index contributed by atoms with van der Waals surface area (Å²) < 4.78 is 10.6. The highest BCUT2D eigenvalue weighted by atomic mass is 16.5. The molecule has 0 radical (unpaired) electrons. The number of aromatic amines is 1. The van der Waals surface area contributed by atoms with Gasteiger partial charge in [-0.3, -0.25) is 9.89 Å². The fourth-order valence-corrected chi connectivity index (χ4v) is 2.91. The van der Waals surface area contributed by atoms with E-state index in [0.717, 1.165) is 29.7 Å². The first-order valence-electron chi connectivity index (χ1n) is 9.77. The molecule has 0 saturated carbocycles. The number of rotatable bonds is 12. The minimum Gasteiger partial charge on any atom is -0.493 e. The summed E-state index contributed by atoms with van der Waals surface area (Å²) in [5.41, 5.74) is 5.03. The molecular formula is C21H30N4O3. The van der Waals surface area contributed by atoms with Crippen molar-refractivity contribution in [2.75, 3.05) is 14.2 Å². The number of hydrazone groups is 1. The van der Waals surface area contributed by atoms with E-state index < -0.39 is 0 Å². The molecule has 0 aliphatic rings. The van der Waals surface area contributed by atoms with E-state index in [2.05, 4.69) is 27.6 Å². The van der Waals surface area contributed by atoms with Crippen LogP contribution in [0.3, 0.4) is 0 Å². The number of carbonyl (C=O) groups excluding carboxylic acids is 1. The second-order valence-electron chi connectivity index (χ2n) is 6.58. The van der Waals surface area contributed by atoms with E-state index in [4.69, 9.17) is 9.47 Å². The number of hydrogen-bond acceptors (Lipinski definition) is 5. The molecule has 7 nitrogen and oxygen atoms in total. The Bertz CT molecular complexity index is 771. The van der Waals surface area contributed by atoms with Gasteiger partial charge in [-0.2, -0.15) is 10.2 Å². The zero-order valence-corrected chi connectivity index (χ0v) is 17.0. The van der Waals surface area contributed by atoms with Crippen molar-refractivity contribution in [2.24, 2.45) is 5.10 Å². The summed E-state index contributed by atoms with van der Waals surface area (Å²) >= 11 is 0. The van der Waals surface area contributed by atoms with E-state index in [1.54, 1.807) is 26.6 Å². The Morgan fingerprint density at radius 1 is 1.14 bits per heavy atom. The summed E-state index contributed by atoms with van der Waals surface area (Å²) in [4.78, 5) is 11.9. The van der Waals surface area contributed by atoms with Crippen LogP contribution in [0.4, 0.5) is 0 Å². The Morgan fingerprint density at radius 2 is 1.89 bits per heavy atom. The molecule has 0 aliphatic heterocycles. The first-order valence-corrected chi connectivity index (χ1v) is 9.77. The number of methoxy groups -OCH3 is 2. The summed E-state index contributed by atoms with van der Waals surface area (Å²) in [6, 6.07) is 5.60. The van der Waals surface area contributed by atoms with E-state index in [1.165, 1.54) is 25.7 Å². The highest BCUT2D eigenvalue weighted by molar-refractivity contribution is 5.89. The van der Waals surface area contributed by atoms with Crippen LogP contribution in [-0.2, 0) is 4.79 Å². The number of hydrogen-bond donors (Lipinski definition) is 2. The van der Waals surface area contributed by atoms with Crippen molar-refractivity contribution in [2.45, 2.75) is 51.9 Å². The van der Waals surface area contributed by atoms with Gasteiger partial charge in [-0.25, -0.2) is 5.43 Å². The van der Waals surface area contributed by atoms with Crippen LogP contribution in [0.15, 0.2) is 29.5 Å². The second kappa shape index (κ2) is 11.8. The summed E-state index contributed by atoms with van der Waals surface area (Å²) in [7, 11) is 3.19. The van der Waals surface area contributed by atoms with Crippen molar-refractivity contribution >= 4 is 12.1 Å². The quantitative estimate of drug-likeness (QED) is 0.323. The molecule has 0 saturated heterocycles. The van der Waals surface area contributed by atoms with Gasteiger partial charge in [0.05, 0.1) is 32.3 Å². The van der Waals surface area contributed by atoms with E-state index in [1.807, 2.05) is 18.2 Å². The van der Waals surface area contributed by atoms with Crippen LogP contribution in [0.1, 0.15) is 57.4 Å². The van der Waals surface area contributed by atoms with Gasteiger partial charge in [0.1, 0.15) is 0 Å². The Hall–Kier alpha value is -2.83. The average Bonchev–Trinajstić information content (AvgIpc) is 3.18. The molecule has 0 bridgehead atoms. The van der Waals surface area contributed by atoms with E-state index in [0.29, 0.717) is 17.9 Å². The Kier molecular flexibility index (Phi) is 9.04. The lowest BCUT2D eigenvalue weighted by atomic mass is 10.1. The van der Waals surface area contributed by atoms with E-state index in [9.17, 15) is 4.79 Å². The topological polar surface area (TPSA) is 88.6 Å². The third-order valence-electron chi connectivity index (χ3n) is 4.49. The molecule has 0 spiro atoms. The summed E-state index contributed by atoms with van der Waals surface area (Å²) in [6.07, 6.45) is 10.7. The van der Waals surface area contributed by atoms with Crippen molar-refractivity contribution in [3.8, 4) is 22.8 Å². The van der Waals surface area contributed by atoms with Crippen molar-refractivity contribution in [1.82, 2.24) is 15.6 Å². The average molecular weight is 386 g/mol. The molecule has 0 fully saturated rings. The zero-order chi connectivity index (χ0) is 20.2. The van der Waals surface area contributed by atoms with Gasteiger partial charge >= 0.3 is 0 Å². The molecule has 0 atom stereocenters. The number of H-pyrrole nitrogens is 1. The summed E-state index contributed by atoms with van der Waals surface area (Å²) in [5.74, 6) is 1.22. The first-order chi connectivity index (χ1) is 13.7. The second-order valence-corrected chi connectivity index (χ2v) is 6.58. The molecule has 1 aromatic carbocycles. The van der Waals surface area contributed by atoms with Gasteiger partial charge in [0, 0.05) is 17.5 Å². The van der Waals surface area contributed by atoms with Gasteiger partial charge in [-0.05, 0) is 24.6 Å². The molecule has 1 amide bonds. The lowest BCUT2D eigenvalue weighted by Crippen LogP contribution is -2.16. The predicted octanol–water partition coefficient (Wildman–Crippen LogP) is 4.29. The van der Waals surface area contributed by atoms with Crippen molar-refractivity contribution in [1.29, 1.82) is 0 Å². The van der Waals surface area contributed by atoms with Gasteiger partial charge in [-0.1, -0.05) is 39.0 Å². The number of aromatic nitrogens is 2. The van der Waals surface area contributed by atoms with Crippen LogP contribution >= 0.6 is 0 Å². The van der Waals surface area contributed by atoms with Gasteiger partial charge < -0.3 is 9.47 Å². The number of ether oxygens (including phenoxy) is 2. The van der Waals surface area contributed by atoms with Crippen LogP contribution in [-0.4, -0.2) is 36.5 Å². The monoisotopic (exact) mass is 386 g/mol. The molecule has 152 valence electrons. The molecular weight excluding hydrogens is 356 g/mol. The lowest BCUT2D eigenvalue weighted by Gasteiger charge is -2.09. The fraction of sp³-hybridized carbons (Fsp3) is 0.476. The lowest BCUT2D eigenvalue weighted by molar-refractivity contribution is -0.121. The number of nitrogens with one attached hydrogen (secondary N) is 2. The minimum atomic E-state index is -0.0668. The molecule has 2 aromatic rings. The largest absolute Gasteiger partial charge is 0.493 e. The molecule has 2 N–H and O–H groups in total. The number of benzene rings is 1. The van der Waals surface area contributed by atoms with Crippen LogP contribution in [0.25, 0.3) is 11.3 Å². The van der Waals surface area contributed by atoms with Crippen LogP contribution in [0.2, 0.25) is 0 Å². The fourth-order valence-electron chi connectivity index (χ4n) is 2.91. The van der Waals surface area contributed by atoms with Crippen molar-refractivity contribution in [3.05, 3.63) is 30.0 Å². The number of nitrogens with zero attached hydrogens (tertiary/aromatic N) is 2. The van der Waals surface area contributed by atoms with Gasteiger partial charge in [0.2, 0.25) is 5.91 Å². The van der Waals surface area contributed by atoms with Crippen LogP contribution in [0, 0.1) is 0 Å². The molecule has 0 unspecified atom stereocenters. The molecule has 7 heteroatoms. The molecule has 1 heterocycles. The smallest absolute Gasteiger partial charge is 0.240 e. The SMILES string of the molecule is CCCCCCCCC(=O)NN=Cc1cn[nH]c1-c1ccc(OC)c(OC)c1. The standard InChI is InChI=1S/C21H30N4O3/c1-4-5-6-7-8-9-10-20(26)24-22-14-17-15-23-25-21(17)16-11-12-18(27-2)19(13-16)28-3/h11-15H,4-10H2,1-3H3,(H,23,25)(H,24,26). The first kappa shape index (κ1) is 21.5. The van der Waals surface area contributed by atoms with Gasteiger partial charge in [0.25, 0.3) is 0 Å². The van der Waals surface area contributed by atoms with E-state index in [-0.39, 0.29) is 5.91 Å². The van der Waals surface area contributed by atoms with Crippen molar-refractivity contribution in [3.63, 3.8) is 0 Å². The number of amides is 1. The zero-order valence-electron chi connectivity index (χ0n) is 17.0. The number of unbranched alkanes of at least 4 members (excludes halogenated alkanes) is 5. The Morgan fingerprint density at radius 3 is 2.64 bits per heavy atom. The summed E-state index contributed by atoms with van der Waals surface area (Å²) in [5, 5.41) is 11.1. The van der Waals surface area contributed by atoms with Crippen LogP contribution < -0.4 is 14.9 Å². The maximum atomic E-state index is 11.9. The molecule has 28 heavy (non-hydrogen) atoms. The van der Waals surface area contributed by atoms with Gasteiger partial charge in [0.15, 0.2) is 11.5 Å². The minimum absolute atomic E-state index is 0.0668. The summed E-state index contributed by atoms with van der Waals surface area (Å²) in [6.45, 7) is 2.20. The highest BCUT2D eigenvalue weighted by Gasteiger charge is 2.10. The van der Waals surface area contributed by atoms with Crippen molar-refractivity contribution < 1.29 is 14.3 Å². The normalized spacial score (nSPS) is 11.0. The highest BCUT2D eigenvalue weighted by Crippen LogP contribution is 2.32. The number of carbonyl (C=O) groups is 1. The Balaban J connectivity index is 1.89. The maximum absolute atomic E-state index is 11.9. The maximum Gasteiger partial charge on any atom is 0.240 e. The molecule has 0 aliphatic carbocycles.